The third-order valence-electron chi connectivity index (χ3n) is 2.96. The molecule has 1 atom stereocenters. The minimum Gasteiger partial charge on any atom is -0.331 e. The summed E-state index contributed by atoms with van der Waals surface area (Å²) in [5, 5.41) is 0. The van der Waals surface area contributed by atoms with E-state index in [4.69, 9.17) is 0 Å². The number of hydrogen-bond donors (Lipinski definition) is 0. The molecule has 1 saturated heterocycles. The van der Waals surface area contributed by atoms with Gasteiger partial charge in [0, 0.05) is 12.2 Å². The molecule has 2 heterocycles. The third kappa shape index (κ3) is 1.98. The molecule has 84 valence electrons. The van der Waals surface area contributed by atoms with E-state index in [1.165, 1.54) is 6.08 Å². The van der Waals surface area contributed by atoms with E-state index >= 15 is 0 Å². The van der Waals surface area contributed by atoms with Crippen molar-refractivity contribution in [1.82, 2.24) is 9.88 Å². The van der Waals surface area contributed by atoms with Crippen LogP contribution in [0.15, 0.2) is 30.9 Å². The van der Waals surface area contributed by atoms with Gasteiger partial charge in [-0.05, 0) is 38.0 Å². The number of aryl methyl sites for hydroxylation is 1. The zero-order valence-corrected chi connectivity index (χ0v) is 9.52. The fourth-order valence-corrected chi connectivity index (χ4v) is 2.20. The van der Waals surface area contributed by atoms with Crippen LogP contribution in [0.5, 0.6) is 0 Å². The van der Waals surface area contributed by atoms with Gasteiger partial charge in [-0.1, -0.05) is 12.6 Å². The molecule has 0 bridgehead atoms. The van der Waals surface area contributed by atoms with E-state index in [-0.39, 0.29) is 11.9 Å². The lowest BCUT2D eigenvalue weighted by Gasteiger charge is -2.23. The number of pyridine rings is 1. The second kappa shape index (κ2) is 4.47. The van der Waals surface area contributed by atoms with Crippen LogP contribution in [0.4, 0.5) is 0 Å². The predicted molar refractivity (Wildman–Crippen MR) is 62.9 cm³/mol. The summed E-state index contributed by atoms with van der Waals surface area (Å²) in [4.78, 5) is 18.0. The van der Waals surface area contributed by atoms with Crippen LogP contribution in [0.1, 0.15) is 30.3 Å². The zero-order valence-electron chi connectivity index (χ0n) is 9.52. The molecule has 1 fully saturated rings. The van der Waals surface area contributed by atoms with Crippen molar-refractivity contribution in [2.75, 3.05) is 6.54 Å². The quantitative estimate of drug-likeness (QED) is 0.710. The molecule has 3 heteroatoms. The molecular weight excluding hydrogens is 200 g/mol. The van der Waals surface area contributed by atoms with E-state index < -0.39 is 0 Å². The molecule has 1 aromatic rings. The van der Waals surface area contributed by atoms with Crippen molar-refractivity contribution in [3.63, 3.8) is 0 Å². The van der Waals surface area contributed by atoms with Crippen LogP contribution in [0.3, 0.4) is 0 Å². The number of nitrogens with zero attached hydrogens (tertiary/aromatic N) is 2. The number of amides is 1. The molecule has 1 unspecified atom stereocenters. The Morgan fingerprint density at radius 2 is 2.44 bits per heavy atom. The lowest BCUT2D eigenvalue weighted by Crippen LogP contribution is -2.29. The van der Waals surface area contributed by atoms with Gasteiger partial charge >= 0.3 is 0 Å². The van der Waals surface area contributed by atoms with Crippen LogP contribution in [0.2, 0.25) is 0 Å². The topological polar surface area (TPSA) is 33.2 Å². The van der Waals surface area contributed by atoms with E-state index in [1.807, 2.05) is 30.0 Å². The van der Waals surface area contributed by atoms with Crippen molar-refractivity contribution < 1.29 is 4.79 Å². The molecule has 0 radical (unpaired) electrons. The van der Waals surface area contributed by atoms with Crippen LogP contribution in [0, 0.1) is 6.92 Å². The highest BCUT2D eigenvalue weighted by molar-refractivity contribution is 5.87. The maximum Gasteiger partial charge on any atom is 0.246 e. The Balaban J connectivity index is 2.26. The van der Waals surface area contributed by atoms with Gasteiger partial charge in [0.2, 0.25) is 5.91 Å². The van der Waals surface area contributed by atoms with Crippen LogP contribution in [-0.2, 0) is 4.79 Å². The second-order valence-electron chi connectivity index (χ2n) is 4.10. The van der Waals surface area contributed by atoms with Crippen LogP contribution < -0.4 is 0 Å². The monoisotopic (exact) mass is 216 g/mol. The lowest BCUT2D eigenvalue weighted by atomic mass is 10.1. The van der Waals surface area contributed by atoms with Crippen molar-refractivity contribution in [3.8, 4) is 0 Å². The smallest absolute Gasteiger partial charge is 0.246 e. The summed E-state index contributed by atoms with van der Waals surface area (Å²) in [5.41, 5.74) is 1.99. The molecule has 1 aromatic heterocycles. The van der Waals surface area contributed by atoms with Gasteiger partial charge < -0.3 is 4.90 Å². The van der Waals surface area contributed by atoms with Crippen LogP contribution >= 0.6 is 0 Å². The average molecular weight is 216 g/mol. The van der Waals surface area contributed by atoms with E-state index in [0.29, 0.717) is 0 Å². The number of carbonyl (C=O) groups is 1. The number of rotatable bonds is 2. The van der Waals surface area contributed by atoms with Crippen molar-refractivity contribution >= 4 is 5.91 Å². The SMILES string of the molecule is C=CC(=O)N1CCCC1c1cccc(C)n1. The largest absolute Gasteiger partial charge is 0.331 e. The minimum absolute atomic E-state index is 0.00538. The summed E-state index contributed by atoms with van der Waals surface area (Å²) in [6.45, 7) is 6.32. The molecule has 2 rings (SSSR count). The highest BCUT2D eigenvalue weighted by Crippen LogP contribution is 2.30. The zero-order chi connectivity index (χ0) is 11.5. The summed E-state index contributed by atoms with van der Waals surface area (Å²) in [7, 11) is 0. The number of hydrogen-bond acceptors (Lipinski definition) is 2. The normalized spacial score (nSPS) is 19.8. The van der Waals surface area contributed by atoms with Gasteiger partial charge in [-0.2, -0.15) is 0 Å². The number of likely N-dealkylation sites (tertiary alicyclic amines) is 1. The molecule has 0 spiro atoms. The first-order valence-electron chi connectivity index (χ1n) is 5.59. The van der Waals surface area contributed by atoms with Gasteiger partial charge in [0.25, 0.3) is 0 Å². The van der Waals surface area contributed by atoms with Crippen molar-refractivity contribution in [2.24, 2.45) is 0 Å². The molecule has 0 aromatic carbocycles. The Labute approximate surface area is 95.8 Å². The van der Waals surface area contributed by atoms with E-state index in [9.17, 15) is 4.79 Å². The predicted octanol–water partition coefficient (Wildman–Crippen LogP) is 2.24. The third-order valence-corrected chi connectivity index (χ3v) is 2.96. The molecule has 3 nitrogen and oxygen atoms in total. The number of aromatic nitrogens is 1. The molecule has 1 aliphatic rings. The molecule has 1 amide bonds. The Morgan fingerprint density at radius 1 is 1.62 bits per heavy atom. The first-order chi connectivity index (χ1) is 7.72. The van der Waals surface area contributed by atoms with Gasteiger partial charge in [0.05, 0.1) is 11.7 Å². The standard InChI is InChI=1S/C13H16N2O/c1-3-13(16)15-9-5-8-12(15)11-7-4-6-10(2)14-11/h3-4,6-7,12H,1,5,8-9H2,2H3. The Hall–Kier alpha value is -1.64. The van der Waals surface area contributed by atoms with Gasteiger partial charge in [-0.25, -0.2) is 0 Å². The van der Waals surface area contributed by atoms with Crippen LogP contribution in [-0.4, -0.2) is 22.3 Å². The summed E-state index contributed by atoms with van der Waals surface area (Å²) in [5.74, 6) is 0.00538. The van der Waals surface area contributed by atoms with Gasteiger partial charge in [-0.3, -0.25) is 9.78 Å². The summed E-state index contributed by atoms with van der Waals surface area (Å²) in [6, 6.07) is 6.09. The van der Waals surface area contributed by atoms with Gasteiger partial charge in [-0.15, -0.1) is 0 Å². The Kier molecular flexibility index (Phi) is 3.04. The molecule has 16 heavy (non-hydrogen) atoms. The fourth-order valence-electron chi connectivity index (χ4n) is 2.20. The van der Waals surface area contributed by atoms with Gasteiger partial charge in [0.1, 0.15) is 0 Å². The molecule has 0 aliphatic carbocycles. The van der Waals surface area contributed by atoms with E-state index in [1.54, 1.807) is 0 Å². The van der Waals surface area contributed by atoms with Crippen molar-refractivity contribution in [2.45, 2.75) is 25.8 Å². The number of carbonyl (C=O) groups excluding carboxylic acids is 1. The fraction of sp³-hybridized carbons (Fsp3) is 0.385. The van der Waals surface area contributed by atoms with Crippen molar-refractivity contribution in [3.05, 3.63) is 42.2 Å². The van der Waals surface area contributed by atoms with Gasteiger partial charge in [0.15, 0.2) is 0 Å². The maximum atomic E-state index is 11.7. The molecule has 0 saturated carbocycles. The summed E-state index contributed by atoms with van der Waals surface area (Å²) >= 11 is 0. The average Bonchev–Trinajstić information content (AvgIpc) is 2.77. The Morgan fingerprint density at radius 3 is 3.12 bits per heavy atom. The highest BCUT2D eigenvalue weighted by Gasteiger charge is 2.29. The molecule has 0 N–H and O–H groups in total. The van der Waals surface area contributed by atoms with E-state index in [0.717, 1.165) is 30.8 Å². The summed E-state index contributed by atoms with van der Waals surface area (Å²) in [6.07, 6.45) is 3.42. The second-order valence-corrected chi connectivity index (χ2v) is 4.10. The van der Waals surface area contributed by atoms with E-state index in [2.05, 4.69) is 11.6 Å². The van der Waals surface area contributed by atoms with Crippen molar-refractivity contribution in [1.29, 1.82) is 0 Å². The first-order valence-corrected chi connectivity index (χ1v) is 5.59. The Bertz CT molecular complexity index is 414. The minimum atomic E-state index is 0.00538. The molecule has 1 aliphatic heterocycles. The maximum absolute atomic E-state index is 11.7. The molecular formula is C13H16N2O. The van der Waals surface area contributed by atoms with Crippen LogP contribution in [0.25, 0.3) is 0 Å². The lowest BCUT2D eigenvalue weighted by molar-refractivity contribution is -0.126. The highest BCUT2D eigenvalue weighted by atomic mass is 16.2. The first kappa shape index (κ1) is 10.9. The summed E-state index contributed by atoms with van der Waals surface area (Å²) < 4.78 is 0.